The second-order valence-corrected chi connectivity index (χ2v) is 7.28. The maximum Gasteiger partial charge on any atom is 0.341 e. The fourth-order valence-corrected chi connectivity index (χ4v) is 3.79. The van der Waals surface area contributed by atoms with E-state index >= 15 is 0 Å². The van der Waals surface area contributed by atoms with E-state index in [1.54, 1.807) is 17.4 Å². The van der Waals surface area contributed by atoms with Crippen molar-refractivity contribution in [3.05, 3.63) is 48.2 Å². The van der Waals surface area contributed by atoms with Gasteiger partial charge in [0.15, 0.2) is 6.61 Å². The maximum atomic E-state index is 13.1. The smallest absolute Gasteiger partial charge is 0.341 e. The van der Waals surface area contributed by atoms with Crippen molar-refractivity contribution in [2.75, 3.05) is 24.6 Å². The minimum atomic E-state index is -1.06. The van der Waals surface area contributed by atoms with Crippen LogP contribution in [0.4, 0.5) is 5.95 Å². The van der Waals surface area contributed by atoms with Crippen LogP contribution in [0.2, 0.25) is 0 Å². The van der Waals surface area contributed by atoms with E-state index in [1.807, 2.05) is 35.2 Å². The van der Waals surface area contributed by atoms with E-state index in [4.69, 9.17) is 9.84 Å². The first-order valence-electron chi connectivity index (χ1n) is 9.95. The molecule has 1 amide bonds. The van der Waals surface area contributed by atoms with Gasteiger partial charge in [-0.05, 0) is 18.4 Å². The van der Waals surface area contributed by atoms with Gasteiger partial charge in [-0.25, -0.2) is 14.8 Å². The van der Waals surface area contributed by atoms with Gasteiger partial charge < -0.3 is 14.7 Å². The molecule has 1 aromatic carbocycles. The van der Waals surface area contributed by atoms with Gasteiger partial charge in [-0.1, -0.05) is 30.3 Å². The Morgan fingerprint density at radius 2 is 1.90 bits per heavy atom. The van der Waals surface area contributed by atoms with Crippen LogP contribution in [-0.4, -0.2) is 57.9 Å². The Balaban J connectivity index is 1.36. The van der Waals surface area contributed by atoms with E-state index in [0.29, 0.717) is 31.9 Å². The van der Waals surface area contributed by atoms with Gasteiger partial charge in [0.2, 0.25) is 17.7 Å². The van der Waals surface area contributed by atoms with Crippen molar-refractivity contribution in [1.29, 1.82) is 0 Å². The van der Waals surface area contributed by atoms with Crippen molar-refractivity contribution in [2.45, 2.75) is 25.3 Å². The van der Waals surface area contributed by atoms with Crippen LogP contribution in [0.25, 0.3) is 0 Å². The number of hydrogen-bond acceptors (Lipinski definition) is 7. The third-order valence-electron chi connectivity index (χ3n) is 5.33. The van der Waals surface area contributed by atoms with Crippen molar-refractivity contribution in [2.24, 2.45) is 11.0 Å². The molecule has 0 spiro atoms. The minimum Gasteiger partial charge on any atom is -0.479 e. The van der Waals surface area contributed by atoms with Gasteiger partial charge in [0.05, 0.1) is 6.04 Å². The van der Waals surface area contributed by atoms with E-state index in [0.717, 1.165) is 12.0 Å². The highest BCUT2D eigenvalue weighted by molar-refractivity contribution is 5.82. The highest BCUT2D eigenvalue weighted by atomic mass is 16.5. The summed E-state index contributed by atoms with van der Waals surface area (Å²) in [6, 6.07) is 11.5. The molecule has 4 rings (SSSR count). The van der Waals surface area contributed by atoms with E-state index in [1.165, 1.54) is 6.07 Å². The van der Waals surface area contributed by atoms with Gasteiger partial charge in [0.25, 0.3) is 0 Å². The van der Waals surface area contributed by atoms with E-state index in [2.05, 4.69) is 15.1 Å². The molecule has 0 radical (unpaired) electrons. The molecule has 9 nitrogen and oxygen atoms in total. The molecule has 2 aliphatic rings. The van der Waals surface area contributed by atoms with Gasteiger partial charge >= 0.3 is 5.97 Å². The quantitative estimate of drug-likeness (QED) is 0.778. The molecule has 156 valence electrons. The number of ether oxygens (including phenoxy) is 1. The molecule has 0 bridgehead atoms. The Morgan fingerprint density at radius 3 is 2.63 bits per heavy atom. The van der Waals surface area contributed by atoms with Crippen LogP contribution in [0.1, 0.15) is 30.9 Å². The molecule has 2 aromatic rings. The normalized spacial score (nSPS) is 19.1. The first kappa shape index (κ1) is 19.8. The van der Waals surface area contributed by atoms with Crippen molar-refractivity contribution >= 4 is 24.0 Å². The summed E-state index contributed by atoms with van der Waals surface area (Å²) in [5.74, 6) is -0.415. The van der Waals surface area contributed by atoms with E-state index in [9.17, 15) is 9.59 Å². The molecule has 30 heavy (non-hydrogen) atoms. The number of carboxylic acid groups (broad SMARTS) is 1. The summed E-state index contributed by atoms with van der Waals surface area (Å²) in [5, 5.41) is 14.7. The number of carboxylic acids is 1. The lowest BCUT2D eigenvalue weighted by molar-refractivity contribution is -0.139. The van der Waals surface area contributed by atoms with E-state index < -0.39 is 12.6 Å². The summed E-state index contributed by atoms with van der Waals surface area (Å²) in [6.07, 6.45) is 5.43. The van der Waals surface area contributed by atoms with Crippen LogP contribution >= 0.6 is 0 Å². The van der Waals surface area contributed by atoms with E-state index in [-0.39, 0.29) is 23.7 Å². The van der Waals surface area contributed by atoms with Crippen LogP contribution in [0.5, 0.6) is 5.88 Å². The first-order chi connectivity index (χ1) is 14.6. The highest BCUT2D eigenvalue weighted by Crippen LogP contribution is 2.32. The number of rotatable bonds is 6. The number of hydrogen-bond donors (Lipinski definition) is 1. The number of nitrogens with zero attached hydrogens (tertiary/aromatic N) is 5. The minimum absolute atomic E-state index is 0.0388. The van der Waals surface area contributed by atoms with Crippen LogP contribution < -0.4 is 9.64 Å². The lowest BCUT2D eigenvalue weighted by Crippen LogP contribution is -2.41. The second-order valence-electron chi connectivity index (χ2n) is 7.28. The molecule has 2 aliphatic heterocycles. The predicted octanol–water partition coefficient (Wildman–Crippen LogP) is 2.12. The summed E-state index contributed by atoms with van der Waals surface area (Å²) in [4.78, 5) is 34.3. The lowest BCUT2D eigenvalue weighted by Gasteiger charge is -2.33. The fourth-order valence-electron chi connectivity index (χ4n) is 3.79. The number of carbonyl (C=O) groups excluding carboxylic acids is 1. The van der Waals surface area contributed by atoms with Crippen molar-refractivity contribution in [3.8, 4) is 5.88 Å². The Bertz CT molecular complexity index is 928. The molecule has 0 unspecified atom stereocenters. The largest absolute Gasteiger partial charge is 0.479 e. The Labute approximate surface area is 174 Å². The predicted molar refractivity (Wildman–Crippen MR) is 109 cm³/mol. The number of aliphatic carboxylic acids is 1. The average Bonchev–Trinajstić information content (AvgIpc) is 3.28. The average molecular weight is 409 g/mol. The summed E-state index contributed by atoms with van der Waals surface area (Å²) in [6.45, 7) is 0.810. The molecule has 3 heterocycles. The highest BCUT2D eigenvalue weighted by Gasteiger charge is 2.35. The zero-order valence-electron chi connectivity index (χ0n) is 16.4. The Morgan fingerprint density at radius 1 is 1.13 bits per heavy atom. The number of piperidine rings is 1. The van der Waals surface area contributed by atoms with Gasteiger partial charge in [0, 0.05) is 43.9 Å². The number of benzene rings is 1. The molecular weight excluding hydrogens is 386 g/mol. The van der Waals surface area contributed by atoms with Crippen molar-refractivity contribution in [3.63, 3.8) is 0 Å². The number of anilines is 1. The fraction of sp³-hybridized carbons (Fsp3) is 0.381. The van der Waals surface area contributed by atoms with Gasteiger partial charge in [-0.3, -0.25) is 4.79 Å². The third kappa shape index (κ3) is 4.40. The van der Waals surface area contributed by atoms with Gasteiger partial charge in [-0.15, -0.1) is 0 Å². The molecule has 1 saturated heterocycles. The molecule has 0 aliphatic carbocycles. The van der Waals surface area contributed by atoms with Crippen molar-refractivity contribution < 1.29 is 19.4 Å². The van der Waals surface area contributed by atoms with Crippen molar-refractivity contribution in [1.82, 2.24) is 15.0 Å². The zero-order chi connectivity index (χ0) is 20.9. The molecule has 9 heteroatoms. The summed E-state index contributed by atoms with van der Waals surface area (Å²) >= 11 is 0. The standard InChI is InChI=1S/C21H23N5O4/c27-19(28)14-30-18-7-10-22-21(24-18)25-12-8-16(9-13-25)20(29)26-17(6-11-23-26)15-4-2-1-3-5-15/h1-5,7,10-11,16-17H,6,8-9,12-14H2,(H,27,28)/t17-/m0/s1. The maximum absolute atomic E-state index is 13.1. The van der Waals surface area contributed by atoms with Crippen LogP contribution in [0.15, 0.2) is 47.7 Å². The number of amides is 1. The lowest BCUT2D eigenvalue weighted by atomic mass is 9.94. The Hall–Kier alpha value is -3.49. The molecule has 1 atom stereocenters. The number of aromatic nitrogens is 2. The van der Waals surface area contributed by atoms with Gasteiger partial charge in [0.1, 0.15) is 0 Å². The zero-order valence-corrected chi connectivity index (χ0v) is 16.4. The molecule has 1 N–H and O–H groups in total. The summed E-state index contributed by atoms with van der Waals surface area (Å²) in [7, 11) is 0. The first-order valence-corrected chi connectivity index (χ1v) is 9.95. The third-order valence-corrected chi connectivity index (χ3v) is 5.33. The molecular formula is C21H23N5O4. The SMILES string of the molecule is O=C(O)COc1ccnc(N2CCC(C(=O)N3N=CC[C@H]3c3ccccc3)CC2)n1. The van der Waals surface area contributed by atoms with Gasteiger partial charge in [-0.2, -0.15) is 10.1 Å². The number of hydrazone groups is 1. The topological polar surface area (TPSA) is 108 Å². The van der Waals surface area contributed by atoms with Crippen LogP contribution in [0, 0.1) is 5.92 Å². The van der Waals surface area contributed by atoms with Crippen LogP contribution in [-0.2, 0) is 9.59 Å². The summed E-state index contributed by atoms with van der Waals surface area (Å²) < 4.78 is 5.13. The molecule has 1 fully saturated rings. The summed E-state index contributed by atoms with van der Waals surface area (Å²) in [5.41, 5.74) is 1.09. The Kier molecular flexibility index (Phi) is 5.87. The van der Waals surface area contributed by atoms with Crippen LogP contribution in [0.3, 0.4) is 0 Å². The molecule has 0 saturated carbocycles. The number of carbonyl (C=O) groups is 2. The molecule has 1 aromatic heterocycles. The monoisotopic (exact) mass is 409 g/mol. The second kappa shape index (κ2) is 8.89.